The van der Waals surface area contributed by atoms with Crippen LogP contribution in [0, 0.1) is 6.92 Å². The minimum absolute atomic E-state index is 0.480. The molecule has 0 radical (unpaired) electrons. The summed E-state index contributed by atoms with van der Waals surface area (Å²) in [5.74, 6) is 0.480. The van der Waals surface area contributed by atoms with Crippen molar-refractivity contribution in [2.75, 3.05) is 0 Å². The third kappa shape index (κ3) is 1.74. The lowest BCUT2D eigenvalue weighted by atomic mass is 10.0. The second-order valence-electron chi connectivity index (χ2n) is 4.01. The van der Waals surface area contributed by atoms with E-state index >= 15 is 0 Å². The van der Waals surface area contributed by atoms with Gasteiger partial charge in [-0.15, -0.1) is 0 Å². The Hall–Kier alpha value is -1.02. The smallest absolute Gasteiger partial charge is 0.0997 e. The fourth-order valence-electron chi connectivity index (χ4n) is 1.81. The Balaban J connectivity index is 2.68. The molecule has 0 bridgehead atoms. The van der Waals surface area contributed by atoms with Crippen molar-refractivity contribution in [2.24, 2.45) is 0 Å². The van der Waals surface area contributed by atoms with Crippen LogP contribution in [0.3, 0.4) is 0 Å². The van der Waals surface area contributed by atoms with E-state index in [9.17, 15) is 0 Å². The van der Waals surface area contributed by atoms with Crippen LogP contribution >= 0.6 is 11.6 Å². The van der Waals surface area contributed by atoms with Crippen LogP contribution in [0.1, 0.15) is 37.6 Å². The highest BCUT2D eigenvalue weighted by Gasteiger charge is 2.12. The fourth-order valence-corrected chi connectivity index (χ4v) is 2.07. The molecule has 0 aliphatic carbocycles. The van der Waals surface area contributed by atoms with Crippen LogP contribution in [0.5, 0.6) is 0 Å². The Labute approximate surface area is 94.9 Å². The molecule has 1 atom stereocenters. The normalized spacial score (nSPS) is 13.3. The first-order valence-corrected chi connectivity index (χ1v) is 5.64. The maximum atomic E-state index is 6.06. The first-order chi connectivity index (χ1) is 7.13. The highest BCUT2D eigenvalue weighted by Crippen LogP contribution is 2.25. The maximum absolute atomic E-state index is 6.06. The molecular weight excluding hydrogens is 208 g/mol. The number of aryl methyl sites for hydroxylation is 1. The molecule has 0 aliphatic rings. The highest BCUT2D eigenvalue weighted by molar-refractivity contribution is 6.31. The number of hydrogen-bond donors (Lipinski definition) is 0. The zero-order valence-electron chi connectivity index (χ0n) is 9.29. The Morgan fingerprint density at radius 2 is 2.20 bits per heavy atom. The first-order valence-electron chi connectivity index (χ1n) is 5.26. The van der Waals surface area contributed by atoms with Crippen molar-refractivity contribution in [3.05, 3.63) is 34.9 Å². The van der Waals surface area contributed by atoms with Crippen molar-refractivity contribution < 1.29 is 0 Å². The van der Waals surface area contributed by atoms with Gasteiger partial charge in [-0.1, -0.05) is 25.4 Å². The molecule has 0 spiro atoms. The van der Waals surface area contributed by atoms with Crippen molar-refractivity contribution in [3.8, 4) is 0 Å². The van der Waals surface area contributed by atoms with Gasteiger partial charge >= 0.3 is 0 Å². The second-order valence-corrected chi connectivity index (χ2v) is 4.45. The molecule has 3 heteroatoms. The number of aromatic nitrogens is 2. The van der Waals surface area contributed by atoms with Crippen LogP contribution in [0.15, 0.2) is 18.5 Å². The Kier molecular flexibility index (Phi) is 2.70. The fraction of sp³-hybridized carbons (Fsp3) is 0.417. The van der Waals surface area contributed by atoms with Gasteiger partial charge < -0.3 is 4.40 Å². The third-order valence-electron chi connectivity index (χ3n) is 2.91. The van der Waals surface area contributed by atoms with Gasteiger partial charge in [0, 0.05) is 16.6 Å². The van der Waals surface area contributed by atoms with Gasteiger partial charge in [-0.25, -0.2) is 4.98 Å². The molecule has 0 saturated heterocycles. The van der Waals surface area contributed by atoms with Crippen LogP contribution in [0.4, 0.5) is 0 Å². The Morgan fingerprint density at radius 1 is 1.47 bits per heavy atom. The maximum Gasteiger partial charge on any atom is 0.0997 e. The molecule has 2 rings (SSSR count). The highest BCUT2D eigenvalue weighted by atomic mass is 35.5. The summed E-state index contributed by atoms with van der Waals surface area (Å²) in [4.78, 5) is 4.47. The van der Waals surface area contributed by atoms with E-state index in [0.717, 1.165) is 28.3 Å². The molecule has 2 aromatic rings. The van der Waals surface area contributed by atoms with Gasteiger partial charge in [0.1, 0.15) is 0 Å². The zero-order valence-corrected chi connectivity index (χ0v) is 10.0. The predicted molar refractivity (Wildman–Crippen MR) is 63.6 cm³/mol. The molecule has 2 heterocycles. The second kappa shape index (κ2) is 3.86. The summed E-state index contributed by atoms with van der Waals surface area (Å²) in [6.45, 7) is 6.41. The van der Waals surface area contributed by atoms with E-state index in [0.29, 0.717) is 5.92 Å². The molecule has 0 aromatic carbocycles. The van der Waals surface area contributed by atoms with E-state index in [1.54, 1.807) is 0 Å². The summed E-state index contributed by atoms with van der Waals surface area (Å²) in [6.07, 6.45) is 2.97. The molecule has 15 heavy (non-hydrogen) atoms. The molecule has 1 unspecified atom stereocenters. The molecule has 0 amide bonds. The molecule has 80 valence electrons. The van der Waals surface area contributed by atoms with Gasteiger partial charge in [-0.2, -0.15) is 0 Å². The summed E-state index contributed by atoms with van der Waals surface area (Å²) in [6, 6.07) is 3.94. The predicted octanol–water partition coefficient (Wildman–Crippen LogP) is 3.81. The lowest BCUT2D eigenvalue weighted by Gasteiger charge is -2.07. The van der Waals surface area contributed by atoms with E-state index in [2.05, 4.69) is 23.2 Å². The molecule has 0 fully saturated rings. The van der Waals surface area contributed by atoms with Crippen LogP contribution in [-0.2, 0) is 0 Å². The Morgan fingerprint density at radius 3 is 2.87 bits per heavy atom. The number of halogens is 1. The van der Waals surface area contributed by atoms with Gasteiger partial charge in [0.05, 0.1) is 17.5 Å². The van der Waals surface area contributed by atoms with Crippen LogP contribution < -0.4 is 0 Å². The van der Waals surface area contributed by atoms with E-state index in [1.807, 2.05) is 25.4 Å². The topological polar surface area (TPSA) is 17.3 Å². The van der Waals surface area contributed by atoms with Crippen LogP contribution in [-0.4, -0.2) is 9.38 Å². The molecule has 0 aliphatic heterocycles. The summed E-state index contributed by atoms with van der Waals surface area (Å²) in [7, 11) is 0. The third-order valence-corrected chi connectivity index (χ3v) is 3.13. The minimum Gasteiger partial charge on any atom is -0.303 e. The zero-order chi connectivity index (χ0) is 11.0. The number of rotatable bonds is 2. The monoisotopic (exact) mass is 222 g/mol. The summed E-state index contributed by atoms with van der Waals surface area (Å²) in [5, 5.41) is 0.782. The van der Waals surface area contributed by atoms with Crippen molar-refractivity contribution in [2.45, 2.75) is 33.1 Å². The quantitative estimate of drug-likeness (QED) is 0.756. The molecule has 0 saturated carbocycles. The van der Waals surface area contributed by atoms with Gasteiger partial charge in [-0.3, -0.25) is 0 Å². The lowest BCUT2D eigenvalue weighted by molar-refractivity contribution is 0.719. The SMILES string of the molecule is CCC(C)c1ncn2c(C)cc(Cl)cc12. The Bertz CT molecular complexity index is 488. The van der Waals surface area contributed by atoms with E-state index in [4.69, 9.17) is 11.6 Å². The lowest BCUT2D eigenvalue weighted by Crippen LogP contribution is -1.94. The van der Waals surface area contributed by atoms with Gasteiger partial charge in [0.15, 0.2) is 0 Å². The molecule has 2 aromatic heterocycles. The van der Waals surface area contributed by atoms with Gasteiger partial charge in [0.25, 0.3) is 0 Å². The number of nitrogens with zero attached hydrogens (tertiary/aromatic N) is 2. The largest absolute Gasteiger partial charge is 0.303 e. The number of fused-ring (bicyclic) bond motifs is 1. The summed E-state index contributed by atoms with van der Waals surface area (Å²) in [5.41, 5.74) is 3.40. The number of hydrogen-bond acceptors (Lipinski definition) is 1. The van der Waals surface area contributed by atoms with E-state index in [1.165, 1.54) is 0 Å². The number of pyridine rings is 1. The van der Waals surface area contributed by atoms with Gasteiger partial charge in [-0.05, 0) is 25.5 Å². The molecule has 0 N–H and O–H groups in total. The van der Waals surface area contributed by atoms with E-state index < -0.39 is 0 Å². The van der Waals surface area contributed by atoms with Crippen molar-refractivity contribution in [3.63, 3.8) is 0 Å². The standard InChI is InChI=1S/C12H15ClN2/c1-4-8(2)12-11-6-10(13)5-9(3)15(11)7-14-12/h5-8H,4H2,1-3H3. The van der Waals surface area contributed by atoms with Crippen molar-refractivity contribution in [1.29, 1.82) is 0 Å². The van der Waals surface area contributed by atoms with Crippen LogP contribution in [0.25, 0.3) is 5.52 Å². The molecule has 2 nitrogen and oxygen atoms in total. The average Bonchev–Trinajstić information content (AvgIpc) is 2.60. The summed E-state index contributed by atoms with van der Waals surface area (Å²) < 4.78 is 2.09. The first kappa shape index (κ1) is 10.5. The number of imidazole rings is 1. The summed E-state index contributed by atoms with van der Waals surface area (Å²) >= 11 is 6.06. The van der Waals surface area contributed by atoms with E-state index in [-0.39, 0.29) is 0 Å². The average molecular weight is 223 g/mol. The van der Waals surface area contributed by atoms with Crippen LogP contribution in [0.2, 0.25) is 5.02 Å². The molecular formula is C12H15ClN2. The minimum atomic E-state index is 0.480. The van der Waals surface area contributed by atoms with Crippen molar-refractivity contribution >= 4 is 17.1 Å². The van der Waals surface area contributed by atoms with Crippen molar-refractivity contribution in [1.82, 2.24) is 9.38 Å². The van der Waals surface area contributed by atoms with Gasteiger partial charge in [0.2, 0.25) is 0 Å².